The highest BCUT2D eigenvalue weighted by Gasteiger charge is 2.18. The molecule has 3 nitrogen and oxygen atoms in total. The number of hydrogen-bond acceptors (Lipinski definition) is 3. The van der Waals surface area contributed by atoms with Gasteiger partial charge in [-0.2, -0.15) is 5.26 Å². The molecule has 1 aromatic rings. The number of anilines is 1. The Hall–Kier alpha value is -1.05. The van der Waals surface area contributed by atoms with Gasteiger partial charge in [0.25, 0.3) is 0 Å². The predicted octanol–water partition coefficient (Wildman–Crippen LogP) is 3.28. The fourth-order valence-corrected chi connectivity index (χ4v) is 2.16. The van der Waals surface area contributed by atoms with E-state index < -0.39 is 5.60 Å². The van der Waals surface area contributed by atoms with E-state index in [0.717, 1.165) is 23.0 Å². The molecule has 0 radical (unpaired) electrons. The van der Waals surface area contributed by atoms with Gasteiger partial charge in [0.05, 0.1) is 17.2 Å². The number of rotatable bonds is 5. The van der Waals surface area contributed by atoms with Crippen molar-refractivity contribution in [2.24, 2.45) is 0 Å². The summed E-state index contributed by atoms with van der Waals surface area (Å²) in [7, 11) is 0. The second-order valence-electron chi connectivity index (χ2n) is 4.41. The first-order chi connectivity index (χ1) is 7.98. The van der Waals surface area contributed by atoms with E-state index in [1.807, 2.05) is 19.9 Å². The lowest BCUT2D eigenvalue weighted by Gasteiger charge is -2.24. The van der Waals surface area contributed by atoms with Crippen LogP contribution in [0.15, 0.2) is 22.7 Å². The molecule has 0 saturated carbocycles. The van der Waals surface area contributed by atoms with Gasteiger partial charge < -0.3 is 10.4 Å². The third-order valence-corrected chi connectivity index (χ3v) is 3.20. The topological polar surface area (TPSA) is 56.0 Å². The van der Waals surface area contributed by atoms with Gasteiger partial charge in [0, 0.05) is 16.7 Å². The Morgan fingerprint density at radius 1 is 1.53 bits per heavy atom. The van der Waals surface area contributed by atoms with Crippen molar-refractivity contribution in [1.29, 1.82) is 5.26 Å². The van der Waals surface area contributed by atoms with Gasteiger partial charge in [-0.3, -0.25) is 0 Å². The summed E-state index contributed by atoms with van der Waals surface area (Å²) >= 11 is 3.40. The molecule has 4 heteroatoms. The lowest BCUT2D eigenvalue weighted by molar-refractivity contribution is 0.0637. The number of nitrogens with one attached hydrogen (secondary N) is 1. The predicted molar refractivity (Wildman–Crippen MR) is 72.9 cm³/mol. The summed E-state index contributed by atoms with van der Waals surface area (Å²) in [5.41, 5.74) is 0.797. The van der Waals surface area contributed by atoms with Crippen molar-refractivity contribution in [3.05, 3.63) is 28.2 Å². The average Bonchev–Trinajstić information content (AvgIpc) is 2.27. The molecule has 2 N–H and O–H groups in total. The lowest BCUT2D eigenvalue weighted by Crippen LogP contribution is -2.33. The highest BCUT2D eigenvalue weighted by Crippen LogP contribution is 2.24. The average molecular weight is 297 g/mol. The monoisotopic (exact) mass is 296 g/mol. The summed E-state index contributed by atoms with van der Waals surface area (Å²) in [6.07, 6.45) is 1.71. The van der Waals surface area contributed by atoms with E-state index >= 15 is 0 Å². The Bertz CT molecular complexity index is 424. The number of benzene rings is 1. The van der Waals surface area contributed by atoms with E-state index in [1.165, 1.54) is 0 Å². The van der Waals surface area contributed by atoms with Crippen LogP contribution in [0.1, 0.15) is 32.3 Å². The van der Waals surface area contributed by atoms with Crippen LogP contribution >= 0.6 is 15.9 Å². The minimum atomic E-state index is -0.706. The molecule has 0 aliphatic rings. The Labute approximate surface area is 111 Å². The van der Waals surface area contributed by atoms with Gasteiger partial charge in [-0.05, 0) is 47.5 Å². The Balaban J connectivity index is 2.67. The maximum atomic E-state index is 10.0. The third-order valence-electron chi connectivity index (χ3n) is 2.55. The van der Waals surface area contributed by atoms with Crippen LogP contribution in [0.4, 0.5) is 5.69 Å². The van der Waals surface area contributed by atoms with E-state index in [9.17, 15) is 5.11 Å². The van der Waals surface area contributed by atoms with Crippen molar-refractivity contribution in [2.45, 2.75) is 32.3 Å². The molecular weight excluding hydrogens is 280 g/mol. The van der Waals surface area contributed by atoms with Gasteiger partial charge in [0.2, 0.25) is 0 Å². The van der Waals surface area contributed by atoms with Gasteiger partial charge in [0.1, 0.15) is 0 Å². The second kappa shape index (κ2) is 6.04. The first-order valence-electron chi connectivity index (χ1n) is 5.64. The SMILES string of the molecule is CCCC(C)(O)CNc1ccc(C#N)cc1Br. The molecule has 0 bridgehead atoms. The molecular formula is C13H17BrN2O. The van der Waals surface area contributed by atoms with Crippen molar-refractivity contribution < 1.29 is 5.11 Å². The summed E-state index contributed by atoms with van der Waals surface area (Å²) in [6.45, 7) is 4.36. The first kappa shape index (κ1) is 14.0. The smallest absolute Gasteiger partial charge is 0.0992 e. The van der Waals surface area contributed by atoms with Crippen molar-refractivity contribution in [2.75, 3.05) is 11.9 Å². The van der Waals surface area contributed by atoms with Crippen LogP contribution < -0.4 is 5.32 Å². The van der Waals surface area contributed by atoms with E-state index in [1.54, 1.807) is 12.1 Å². The van der Waals surface area contributed by atoms with Gasteiger partial charge in [-0.25, -0.2) is 0 Å². The van der Waals surface area contributed by atoms with Gasteiger partial charge >= 0.3 is 0 Å². The summed E-state index contributed by atoms with van der Waals surface area (Å²) in [5, 5.41) is 22.0. The van der Waals surface area contributed by atoms with E-state index in [-0.39, 0.29) is 0 Å². The normalized spacial score (nSPS) is 13.8. The molecule has 1 rings (SSSR count). The molecule has 1 unspecified atom stereocenters. The zero-order valence-corrected chi connectivity index (χ0v) is 11.7. The largest absolute Gasteiger partial charge is 0.388 e. The van der Waals surface area contributed by atoms with Crippen LogP contribution in [-0.2, 0) is 0 Å². The summed E-state index contributed by atoms with van der Waals surface area (Å²) in [4.78, 5) is 0. The van der Waals surface area contributed by atoms with Crippen LogP contribution in [0.2, 0.25) is 0 Å². The number of halogens is 1. The third kappa shape index (κ3) is 4.37. The van der Waals surface area contributed by atoms with Crippen molar-refractivity contribution in [3.63, 3.8) is 0 Å². The molecule has 0 aliphatic heterocycles. The van der Waals surface area contributed by atoms with Crippen molar-refractivity contribution in [3.8, 4) is 6.07 Å². The van der Waals surface area contributed by atoms with Crippen LogP contribution in [0.5, 0.6) is 0 Å². The summed E-state index contributed by atoms with van der Waals surface area (Å²) in [6, 6.07) is 7.43. The molecule has 0 saturated heterocycles. The van der Waals surface area contributed by atoms with Crippen LogP contribution in [0.25, 0.3) is 0 Å². The van der Waals surface area contributed by atoms with Crippen LogP contribution in [-0.4, -0.2) is 17.3 Å². The van der Waals surface area contributed by atoms with Gasteiger partial charge in [-0.15, -0.1) is 0 Å². The highest BCUT2D eigenvalue weighted by molar-refractivity contribution is 9.10. The van der Waals surface area contributed by atoms with Crippen LogP contribution in [0.3, 0.4) is 0 Å². The number of aliphatic hydroxyl groups is 1. The fourth-order valence-electron chi connectivity index (χ4n) is 1.64. The molecule has 0 aliphatic carbocycles. The number of nitriles is 1. The molecule has 0 heterocycles. The molecule has 92 valence electrons. The zero-order chi connectivity index (χ0) is 12.9. The first-order valence-corrected chi connectivity index (χ1v) is 6.43. The molecule has 0 aromatic heterocycles. The molecule has 1 atom stereocenters. The maximum absolute atomic E-state index is 10.0. The molecule has 0 amide bonds. The highest BCUT2D eigenvalue weighted by atomic mass is 79.9. The van der Waals surface area contributed by atoms with Crippen LogP contribution in [0, 0.1) is 11.3 Å². The maximum Gasteiger partial charge on any atom is 0.0992 e. The van der Waals surface area contributed by atoms with Gasteiger partial charge in [-0.1, -0.05) is 13.3 Å². The zero-order valence-electron chi connectivity index (χ0n) is 10.1. The quantitative estimate of drug-likeness (QED) is 0.877. The van der Waals surface area contributed by atoms with Gasteiger partial charge in [0.15, 0.2) is 0 Å². The number of hydrogen-bond donors (Lipinski definition) is 2. The Kier molecular flexibility index (Phi) is 4.98. The second-order valence-corrected chi connectivity index (χ2v) is 5.26. The molecule has 0 spiro atoms. The molecule has 1 aromatic carbocycles. The Morgan fingerprint density at radius 2 is 2.24 bits per heavy atom. The number of nitrogens with zero attached hydrogens (tertiary/aromatic N) is 1. The Morgan fingerprint density at radius 3 is 2.76 bits per heavy atom. The summed E-state index contributed by atoms with van der Waals surface area (Å²) in [5.74, 6) is 0. The van der Waals surface area contributed by atoms with Crippen molar-refractivity contribution >= 4 is 21.6 Å². The van der Waals surface area contributed by atoms with E-state index in [0.29, 0.717) is 12.1 Å². The lowest BCUT2D eigenvalue weighted by atomic mass is 10.0. The van der Waals surface area contributed by atoms with E-state index in [4.69, 9.17) is 5.26 Å². The molecule has 17 heavy (non-hydrogen) atoms. The fraction of sp³-hybridized carbons (Fsp3) is 0.462. The standard InChI is InChI=1S/C13H17BrN2O/c1-3-6-13(2,17)9-16-12-5-4-10(8-15)7-11(12)14/h4-5,7,16-17H,3,6,9H2,1-2H3. The molecule has 0 fully saturated rings. The van der Waals surface area contributed by atoms with Crippen molar-refractivity contribution in [1.82, 2.24) is 0 Å². The summed E-state index contributed by atoms with van der Waals surface area (Å²) < 4.78 is 0.837. The minimum absolute atomic E-state index is 0.491. The van der Waals surface area contributed by atoms with E-state index in [2.05, 4.69) is 27.3 Å². The minimum Gasteiger partial charge on any atom is -0.388 e.